The van der Waals surface area contributed by atoms with E-state index in [4.69, 9.17) is 4.74 Å². The smallest absolute Gasteiger partial charge is 0.133 e. The van der Waals surface area contributed by atoms with Gasteiger partial charge in [-0.1, -0.05) is 0 Å². The standard InChI is InChI=1S/C12H19N3O/c1-13-12-9-5-3-4-6-10(9)14-11(15-12)7-8-16-2/h3-8H2,1-2H3,(H,13,14,15). The number of ether oxygens (including phenoxy) is 1. The van der Waals surface area contributed by atoms with E-state index in [-0.39, 0.29) is 0 Å². The molecule has 0 atom stereocenters. The van der Waals surface area contributed by atoms with Gasteiger partial charge in [0, 0.05) is 31.8 Å². The fourth-order valence-electron chi connectivity index (χ4n) is 2.16. The maximum absolute atomic E-state index is 5.06. The van der Waals surface area contributed by atoms with Crippen LogP contribution < -0.4 is 5.32 Å². The third kappa shape index (κ3) is 2.32. The SMILES string of the molecule is CNc1nc(CCOC)nc2c1CCCC2. The van der Waals surface area contributed by atoms with Crippen molar-refractivity contribution < 1.29 is 4.74 Å². The molecule has 1 N–H and O–H groups in total. The van der Waals surface area contributed by atoms with Crippen molar-refractivity contribution in [3.05, 3.63) is 17.1 Å². The summed E-state index contributed by atoms with van der Waals surface area (Å²) in [6.07, 6.45) is 5.49. The first-order chi connectivity index (χ1) is 7.85. The minimum atomic E-state index is 0.682. The van der Waals surface area contributed by atoms with E-state index in [9.17, 15) is 0 Å². The van der Waals surface area contributed by atoms with Crippen LogP contribution in [0.5, 0.6) is 0 Å². The molecular weight excluding hydrogens is 202 g/mol. The van der Waals surface area contributed by atoms with Crippen molar-refractivity contribution in [2.75, 3.05) is 26.1 Å². The summed E-state index contributed by atoms with van der Waals surface area (Å²) in [6.45, 7) is 0.682. The van der Waals surface area contributed by atoms with Crippen molar-refractivity contribution in [3.63, 3.8) is 0 Å². The second-order valence-corrected chi connectivity index (χ2v) is 4.11. The number of anilines is 1. The number of hydrogen-bond acceptors (Lipinski definition) is 4. The van der Waals surface area contributed by atoms with Gasteiger partial charge in [-0.3, -0.25) is 0 Å². The molecule has 0 aliphatic heterocycles. The lowest BCUT2D eigenvalue weighted by Crippen LogP contribution is -2.14. The van der Waals surface area contributed by atoms with Gasteiger partial charge in [0.1, 0.15) is 11.6 Å². The number of hydrogen-bond donors (Lipinski definition) is 1. The van der Waals surface area contributed by atoms with Gasteiger partial charge in [-0.2, -0.15) is 0 Å². The van der Waals surface area contributed by atoms with Crippen molar-refractivity contribution in [1.82, 2.24) is 9.97 Å². The highest BCUT2D eigenvalue weighted by atomic mass is 16.5. The Morgan fingerprint density at radius 2 is 2.06 bits per heavy atom. The molecule has 0 bridgehead atoms. The van der Waals surface area contributed by atoms with Gasteiger partial charge in [0.2, 0.25) is 0 Å². The van der Waals surface area contributed by atoms with Crippen molar-refractivity contribution in [3.8, 4) is 0 Å². The van der Waals surface area contributed by atoms with Crippen LogP contribution in [0.1, 0.15) is 29.9 Å². The van der Waals surface area contributed by atoms with E-state index in [1.165, 1.54) is 24.1 Å². The van der Waals surface area contributed by atoms with Gasteiger partial charge in [0.05, 0.1) is 6.61 Å². The highest BCUT2D eigenvalue weighted by Crippen LogP contribution is 2.25. The highest BCUT2D eigenvalue weighted by molar-refractivity contribution is 5.47. The van der Waals surface area contributed by atoms with Crippen LogP contribution in [0.4, 0.5) is 5.82 Å². The molecule has 4 heteroatoms. The summed E-state index contributed by atoms with van der Waals surface area (Å²) >= 11 is 0. The van der Waals surface area contributed by atoms with Gasteiger partial charge < -0.3 is 10.1 Å². The number of rotatable bonds is 4. The largest absolute Gasteiger partial charge is 0.384 e. The molecule has 0 unspecified atom stereocenters. The quantitative estimate of drug-likeness (QED) is 0.838. The molecule has 0 spiro atoms. The number of fused-ring (bicyclic) bond motifs is 1. The monoisotopic (exact) mass is 221 g/mol. The molecule has 1 heterocycles. The Morgan fingerprint density at radius 1 is 1.25 bits per heavy atom. The van der Waals surface area contributed by atoms with E-state index in [1.807, 2.05) is 7.05 Å². The summed E-state index contributed by atoms with van der Waals surface area (Å²) < 4.78 is 5.06. The van der Waals surface area contributed by atoms with E-state index in [0.29, 0.717) is 6.61 Å². The molecule has 0 aromatic carbocycles. The summed E-state index contributed by atoms with van der Waals surface area (Å²) in [4.78, 5) is 9.17. The second-order valence-electron chi connectivity index (χ2n) is 4.11. The van der Waals surface area contributed by atoms with Gasteiger partial charge in [0.15, 0.2) is 0 Å². The van der Waals surface area contributed by atoms with Crippen molar-refractivity contribution in [1.29, 1.82) is 0 Å². The van der Waals surface area contributed by atoms with Crippen LogP contribution in [0.2, 0.25) is 0 Å². The number of aromatic nitrogens is 2. The van der Waals surface area contributed by atoms with E-state index < -0.39 is 0 Å². The lowest BCUT2D eigenvalue weighted by atomic mass is 9.96. The summed E-state index contributed by atoms with van der Waals surface area (Å²) in [6, 6.07) is 0. The van der Waals surface area contributed by atoms with Crippen LogP contribution in [0.3, 0.4) is 0 Å². The minimum Gasteiger partial charge on any atom is -0.384 e. The molecular formula is C12H19N3O. The Hall–Kier alpha value is -1.16. The molecule has 0 amide bonds. The molecule has 1 aromatic heterocycles. The fraction of sp³-hybridized carbons (Fsp3) is 0.667. The summed E-state index contributed by atoms with van der Waals surface area (Å²) in [5.41, 5.74) is 2.55. The Labute approximate surface area is 96.4 Å². The zero-order valence-electron chi connectivity index (χ0n) is 10.0. The highest BCUT2D eigenvalue weighted by Gasteiger charge is 2.16. The van der Waals surface area contributed by atoms with Gasteiger partial charge in [-0.05, 0) is 25.7 Å². The number of nitrogens with zero attached hydrogens (tertiary/aromatic N) is 2. The Kier molecular flexibility index (Phi) is 3.72. The van der Waals surface area contributed by atoms with Crippen molar-refractivity contribution >= 4 is 5.82 Å². The zero-order valence-corrected chi connectivity index (χ0v) is 10.0. The first-order valence-corrected chi connectivity index (χ1v) is 5.90. The fourth-order valence-corrected chi connectivity index (χ4v) is 2.16. The van der Waals surface area contributed by atoms with Gasteiger partial charge in [-0.25, -0.2) is 9.97 Å². The summed E-state index contributed by atoms with van der Waals surface area (Å²) in [7, 11) is 3.63. The first-order valence-electron chi connectivity index (χ1n) is 5.90. The molecule has 16 heavy (non-hydrogen) atoms. The Morgan fingerprint density at radius 3 is 2.81 bits per heavy atom. The second kappa shape index (κ2) is 5.25. The van der Waals surface area contributed by atoms with Crippen LogP contribution in [0.25, 0.3) is 0 Å². The number of methoxy groups -OCH3 is 1. The molecule has 0 saturated heterocycles. The summed E-state index contributed by atoms with van der Waals surface area (Å²) in [5, 5.41) is 3.18. The lowest BCUT2D eigenvalue weighted by molar-refractivity contribution is 0.200. The van der Waals surface area contributed by atoms with Crippen LogP contribution in [-0.4, -0.2) is 30.7 Å². The minimum absolute atomic E-state index is 0.682. The van der Waals surface area contributed by atoms with Crippen LogP contribution in [0.15, 0.2) is 0 Å². The molecule has 1 aliphatic carbocycles. The van der Waals surface area contributed by atoms with Crippen molar-refractivity contribution in [2.24, 2.45) is 0 Å². The predicted molar refractivity (Wildman–Crippen MR) is 63.8 cm³/mol. The number of nitrogens with one attached hydrogen (secondary N) is 1. The number of aryl methyl sites for hydroxylation is 1. The molecule has 4 nitrogen and oxygen atoms in total. The first kappa shape index (κ1) is 11.3. The lowest BCUT2D eigenvalue weighted by Gasteiger charge is -2.18. The molecule has 2 rings (SSSR count). The maximum atomic E-state index is 5.06. The predicted octanol–water partition coefficient (Wildman–Crippen LogP) is 1.59. The van der Waals surface area contributed by atoms with E-state index >= 15 is 0 Å². The third-order valence-electron chi connectivity index (χ3n) is 3.00. The molecule has 0 saturated carbocycles. The molecule has 0 radical (unpaired) electrons. The van der Waals surface area contributed by atoms with Crippen LogP contribution in [-0.2, 0) is 24.0 Å². The van der Waals surface area contributed by atoms with Gasteiger partial charge >= 0.3 is 0 Å². The molecule has 0 fully saturated rings. The average Bonchev–Trinajstić information content (AvgIpc) is 2.35. The molecule has 1 aromatic rings. The Bertz CT molecular complexity index is 348. The van der Waals surface area contributed by atoms with Crippen LogP contribution >= 0.6 is 0 Å². The van der Waals surface area contributed by atoms with E-state index in [2.05, 4.69) is 15.3 Å². The average molecular weight is 221 g/mol. The van der Waals surface area contributed by atoms with Gasteiger partial charge in [-0.15, -0.1) is 0 Å². The molecule has 1 aliphatic rings. The Balaban J connectivity index is 2.28. The van der Waals surface area contributed by atoms with Crippen molar-refractivity contribution in [2.45, 2.75) is 32.1 Å². The maximum Gasteiger partial charge on any atom is 0.133 e. The van der Waals surface area contributed by atoms with Gasteiger partial charge in [0.25, 0.3) is 0 Å². The normalized spacial score (nSPS) is 14.6. The van der Waals surface area contributed by atoms with E-state index in [1.54, 1.807) is 7.11 Å². The molecule has 88 valence electrons. The topological polar surface area (TPSA) is 47.0 Å². The van der Waals surface area contributed by atoms with E-state index in [0.717, 1.165) is 30.9 Å². The zero-order chi connectivity index (χ0) is 11.4. The summed E-state index contributed by atoms with van der Waals surface area (Å²) in [5.74, 6) is 1.91. The third-order valence-corrected chi connectivity index (χ3v) is 3.00. The van der Waals surface area contributed by atoms with Crippen LogP contribution in [0, 0.1) is 0 Å².